The molecule has 0 aliphatic rings. The number of benzene rings is 15. The summed E-state index contributed by atoms with van der Waals surface area (Å²) in [6.07, 6.45) is 0. The van der Waals surface area contributed by atoms with Crippen molar-refractivity contribution in [3.8, 4) is 55.6 Å². The Morgan fingerprint density at radius 1 is 0.173 bits per heavy atom. The van der Waals surface area contributed by atoms with Crippen LogP contribution in [0.15, 0.2) is 328 Å². The highest BCUT2D eigenvalue weighted by Crippen LogP contribution is 2.44. The molecular weight excluding hydrogens is 1330 g/mol. The van der Waals surface area contributed by atoms with E-state index in [1.807, 2.05) is 45.3 Å². The topological polar surface area (TPSA) is 0 Å². The summed E-state index contributed by atoms with van der Waals surface area (Å²) in [4.78, 5) is 0. The Kier molecular flexibility index (Phi) is 21.5. The van der Waals surface area contributed by atoms with Crippen LogP contribution >= 0.6 is 45.3 Å². The second-order valence-electron chi connectivity index (χ2n) is 27.2. The first-order valence-electron chi connectivity index (χ1n) is 35.8. The maximum absolute atomic E-state index is 2.33. The fraction of sp³-hybridized carbons (Fsp3) is 0.100. The number of fused-ring (bicyclic) bond motifs is 12. The second-order valence-corrected chi connectivity index (χ2v) is 31.5. The molecule has 508 valence electrons. The predicted octanol–water partition coefficient (Wildman–Crippen LogP) is 31.0. The summed E-state index contributed by atoms with van der Waals surface area (Å²) in [6, 6.07) is 117. The van der Waals surface area contributed by atoms with Gasteiger partial charge in [-0.3, -0.25) is 0 Å². The standard InChI is InChI=1S/4C19H14S.C14H14.C10H14/c1-13-11-15(14-7-3-2-4-8-14)12-17-16-9-5-6-10-18(16)20-19(13)17;1-13-11-15(14-7-3-2-4-8-14)12-18-19(13)16-9-5-6-10-17(16)20-18;1-13-11-16(14-7-3-2-4-8-14)19-17(12-13)15-9-5-6-10-18(15)20-19;1-13-11-16(14-7-3-2-4-8-14)19-15-9-5-6-10-17(15)20-18(19)12-13;1-11-7-6-10-14(12(11)2)13-8-4-3-5-9-13;1-7-5-8(2)10(4)9(3)6-7/h4*2-12H,1H3;3-10H,1-2H3;5-6H,1-4H3. The molecule has 0 saturated heterocycles. The van der Waals surface area contributed by atoms with Crippen LogP contribution in [-0.2, 0) is 0 Å². The van der Waals surface area contributed by atoms with Crippen LogP contribution < -0.4 is 0 Å². The van der Waals surface area contributed by atoms with Gasteiger partial charge in [-0.25, -0.2) is 0 Å². The van der Waals surface area contributed by atoms with Crippen LogP contribution in [0.4, 0.5) is 0 Å². The number of hydrogen-bond donors (Lipinski definition) is 0. The monoisotopic (exact) mass is 1410 g/mol. The number of hydrogen-bond acceptors (Lipinski definition) is 4. The highest BCUT2D eigenvalue weighted by atomic mass is 32.1. The number of rotatable bonds is 5. The molecule has 4 heterocycles. The van der Waals surface area contributed by atoms with Crippen LogP contribution in [0.3, 0.4) is 0 Å². The van der Waals surface area contributed by atoms with Crippen molar-refractivity contribution in [2.24, 2.45) is 0 Å². The van der Waals surface area contributed by atoms with Gasteiger partial charge < -0.3 is 0 Å². The highest BCUT2D eigenvalue weighted by Gasteiger charge is 2.15. The van der Waals surface area contributed by atoms with E-state index in [0.717, 1.165) is 0 Å². The van der Waals surface area contributed by atoms with Crippen LogP contribution in [0.5, 0.6) is 0 Å². The highest BCUT2D eigenvalue weighted by molar-refractivity contribution is 7.27. The molecule has 19 rings (SSSR count). The molecule has 0 N–H and O–H groups in total. The zero-order valence-corrected chi connectivity index (χ0v) is 64.1. The van der Waals surface area contributed by atoms with E-state index in [4.69, 9.17) is 0 Å². The molecule has 0 aliphatic heterocycles. The van der Waals surface area contributed by atoms with Crippen molar-refractivity contribution in [2.75, 3.05) is 0 Å². The first-order chi connectivity index (χ1) is 50.7. The Labute approximate surface area is 629 Å². The lowest BCUT2D eigenvalue weighted by Gasteiger charge is -2.07. The average Bonchev–Trinajstić information content (AvgIpc) is 1.61. The van der Waals surface area contributed by atoms with E-state index in [-0.39, 0.29) is 0 Å². The Balaban J connectivity index is 0.000000107. The van der Waals surface area contributed by atoms with Crippen molar-refractivity contribution in [1.29, 1.82) is 0 Å². The van der Waals surface area contributed by atoms with Crippen LogP contribution in [0, 0.1) is 69.2 Å². The third-order valence-corrected chi connectivity index (χ3v) is 24.5. The first-order valence-corrected chi connectivity index (χ1v) is 39.0. The van der Waals surface area contributed by atoms with E-state index in [1.54, 1.807) is 0 Å². The summed E-state index contributed by atoms with van der Waals surface area (Å²) < 4.78 is 11.0. The zero-order chi connectivity index (χ0) is 71.8. The van der Waals surface area contributed by atoms with Gasteiger partial charge in [0.25, 0.3) is 0 Å². The molecule has 0 amide bonds. The van der Waals surface area contributed by atoms with Crippen LogP contribution in [0.1, 0.15) is 55.6 Å². The fourth-order valence-corrected chi connectivity index (χ4v) is 19.1. The molecule has 104 heavy (non-hydrogen) atoms. The van der Waals surface area contributed by atoms with E-state index < -0.39 is 0 Å². The van der Waals surface area contributed by atoms with Gasteiger partial charge in [0.2, 0.25) is 0 Å². The summed E-state index contributed by atoms with van der Waals surface area (Å²) >= 11 is 7.55. The lowest BCUT2D eigenvalue weighted by Crippen LogP contribution is -1.86. The number of aryl methyl sites for hydroxylation is 8. The molecule has 0 bridgehead atoms. The molecule has 0 nitrogen and oxygen atoms in total. The quantitative estimate of drug-likeness (QED) is 0.161. The van der Waals surface area contributed by atoms with Crippen molar-refractivity contribution >= 4 is 126 Å². The average molecular weight is 1410 g/mol. The van der Waals surface area contributed by atoms with E-state index >= 15 is 0 Å². The SMILES string of the molecule is Cc1cc(-c2ccccc2)c2c(c1)sc1ccccc12.Cc1cc(-c2ccccc2)c2sc3ccccc3c2c1.Cc1cc(-c2ccccc2)cc2c1sc1ccccc12.Cc1cc(-c2ccccc2)cc2sc3ccccc3c12.Cc1cc(C)c(C)c(C)c1.Cc1cccc(-c2ccccc2)c1C. The molecule has 0 spiro atoms. The smallest absolute Gasteiger partial charge is 0.0434 e. The Morgan fingerprint density at radius 2 is 0.548 bits per heavy atom. The largest absolute Gasteiger partial charge is 0.135 e. The summed E-state index contributed by atoms with van der Waals surface area (Å²) in [5.74, 6) is 0. The van der Waals surface area contributed by atoms with E-state index in [9.17, 15) is 0 Å². The first kappa shape index (κ1) is 70.2. The molecular formula is C100H84S4. The van der Waals surface area contributed by atoms with Crippen LogP contribution in [0.2, 0.25) is 0 Å². The molecule has 0 saturated carbocycles. The summed E-state index contributed by atoms with van der Waals surface area (Å²) in [5, 5.41) is 11.0. The lowest BCUT2D eigenvalue weighted by molar-refractivity contribution is 1.23. The molecule has 0 radical (unpaired) electrons. The van der Waals surface area contributed by atoms with Gasteiger partial charge in [0.15, 0.2) is 0 Å². The lowest BCUT2D eigenvalue weighted by atomic mass is 9.97. The van der Waals surface area contributed by atoms with Crippen molar-refractivity contribution in [3.63, 3.8) is 0 Å². The Bertz CT molecular complexity index is 6140. The Hall–Kier alpha value is -10.8. The normalized spacial score (nSPS) is 11.0. The fourth-order valence-electron chi connectivity index (χ4n) is 14.2. The summed E-state index contributed by atoms with van der Waals surface area (Å²) in [5.41, 5.74) is 26.8. The third-order valence-electron chi connectivity index (χ3n) is 19.7. The van der Waals surface area contributed by atoms with Gasteiger partial charge in [0, 0.05) is 80.7 Å². The second kappa shape index (κ2) is 31.8. The number of thiophene rings is 4. The minimum absolute atomic E-state index is 1.28. The van der Waals surface area contributed by atoms with Gasteiger partial charge >= 0.3 is 0 Å². The zero-order valence-electron chi connectivity index (χ0n) is 60.8. The van der Waals surface area contributed by atoms with E-state index in [0.29, 0.717) is 0 Å². The van der Waals surface area contributed by atoms with Crippen molar-refractivity contribution < 1.29 is 0 Å². The van der Waals surface area contributed by atoms with Gasteiger partial charge in [-0.15, -0.1) is 45.3 Å². The van der Waals surface area contributed by atoms with Crippen molar-refractivity contribution in [1.82, 2.24) is 0 Å². The van der Waals surface area contributed by atoms with Crippen molar-refractivity contribution in [3.05, 3.63) is 383 Å². The molecule has 19 aromatic rings. The predicted molar refractivity (Wildman–Crippen MR) is 465 cm³/mol. The molecule has 15 aromatic carbocycles. The molecule has 4 heteroatoms. The Morgan fingerprint density at radius 3 is 1.08 bits per heavy atom. The molecule has 4 aromatic heterocycles. The summed E-state index contributed by atoms with van der Waals surface area (Å²) in [6.45, 7) is 21.8. The molecule has 0 unspecified atom stereocenters. The molecule has 0 aliphatic carbocycles. The van der Waals surface area contributed by atoms with E-state index in [1.165, 1.54) is 192 Å². The van der Waals surface area contributed by atoms with E-state index in [2.05, 4.69) is 397 Å². The van der Waals surface area contributed by atoms with Crippen LogP contribution in [0.25, 0.3) is 136 Å². The third kappa shape index (κ3) is 15.4. The maximum Gasteiger partial charge on any atom is 0.0434 e. The van der Waals surface area contributed by atoms with Gasteiger partial charge in [-0.2, -0.15) is 0 Å². The molecule has 0 fully saturated rings. The summed E-state index contributed by atoms with van der Waals surface area (Å²) in [7, 11) is 0. The maximum atomic E-state index is 2.33. The van der Waals surface area contributed by atoms with Crippen molar-refractivity contribution in [2.45, 2.75) is 69.2 Å². The van der Waals surface area contributed by atoms with Gasteiger partial charge in [-0.1, -0.05) is 272 Å². The van der Waals surface area contributed by atoms with Gasteiger partial charge in [-0.05, 0) is 236 Å². The minimum atomic E-state index is 1.28. The van der Waals surface area contributed by atoms with Gasteiger partial charge in [0.1, 0.15) is 0 Å². The van der Waals surface area contributed by atoms with Crippen LogP contribution in [-0.4, -0.2) is 0 Å². The van der Waals surface area contributed by atoms with Gasteiger partial charge in [0.05, 0.1) is 0 Å². The minimum Gasteiger partial charge on any atom is -0.135 e. The molecule has 0 atom stereocenters.